The predicted molar refractivity (Wildman–Crippen MR) is 108 cm³/mol. The van der Waals surface area contributed by atoms with Gasteiger partial charge in [0, 0.05) is 0 Å². The Labute approximate surface area is 157 Å². The van der Waals surface area contributed by atoms with Crippen LogP contribution in [0.1, 0.15) is 39.0 Å². The summed E-state index contributed by atoms with van der Waals surface area (Å²) >= 11 is 0. The van der Waals surface area contributed by atoms with Gasteiger partial charge in [0.2, 0.25) is 0 Å². The number of benzene rings is 2. The molecule has 2 aliphatic carbocycles. The Bertz CT molecular complexity index is 630. The number of fused-ring (bicyclic) bond motifs is 2. The van der Waals surface area contributed by atoms with Gasteiger partial charge < -0.3 is 9.47 Å². The van der Waals surface area contributed by atoms with E-state index in [2.05, 4.69) is 13.5 Å². The highest BCUT2D eigenvalue weighted by molar-refractivity contribution is 5.30. The zero-order valence-corrected chi connectivity index (χ0v) is 15.8. The summed E-state index contributed by atoms with van der Waals surface area (Å²) in [6, 6.07) is 19.5. The maximum absolute atomic E-state index is 6.02. The summed E-state index contributed by atoms with van der Waals surface area (Å²) in [5.41, 5.74) is 0.258. The van der Waals surface area contributed by atoms with Crippen molar-refractivity contribution in [2.45, 2.75) is 44.6 Å². The topological polar surface area (TPSA) is 18.5 Å². The number of hydrogen-bond acceptors (Lipinski definition) is 2. The molecule has 26 heavy (non-hydrogen) atoms. The molecular weight excluding hydrogens is 320 g/mol. The molecule has 2 fully saturated rings. The molecule has 0 spiro atoms. The van der Waals surface area contributed by atoms with Gasteiger partial charge in [0.05, 0.1) is 12.2 Å². The van der Waals surface area contributed by atoms with Crippen molar-refractivity contribution in [1.82, 2.24) is 0 Å². The van der Waals surface area contributed by atoms with Crippen LogP contribution in [0.15, 0.2) is 73.3 Å². The lowest BCUT2D eigenvalue weighted by Gasteiger charge is -2.34. The van der Waals surface area contributed by atoms with Crippen molar-refractivity contribution >= 4 is 0 Å². The van der Waals surface area contributed by atoms with Crippen molar-refractivity contribution in [3.63, 3.8) is 0 Å². The highest BCUT2D eigenvalue weighted by atomic mass is 16.5. The third kappa shape index (κ3) is 4.56. The third-order valence-electron chi connectivity index (χ3n) is 5.68. The highest BCUT2D eigenvalue weighted by Crippen LogP contribution is 2.54. The molecule has 2 nitrogen and oxygen atoms in total. The fourth-order valence-corrected chi connectivity index (χ4v) is 4.46. The molecule has 138 valence electrons. The maximum Gasteiger partial charge on any atom is 0.127 e. The molecule has 2 bridgehead atoms. The predicted octanol–water partition coefficient (Wildman–Crippen LogP) is 6.64. The first kappa shape index (κ1) is 18.7. The molecule has 4 rings (SSSR count). The lowest BCUT2D eigenvalue weighted by molar-refractivity contribution is -0.0601. The lowest BCUT2D eigenvalue weighted by Crippen LogP contribution is -2.35. The molecule has 0 radical (unpaired) electrons. The van der Waals surface area contributed by atoms with E-state index in [0.717, 1.165) is 29.9 Å². The van der Waals surface area contributed by atoms with Gasteiger partial charge in [-0.25, -0.2) is 0 Å². The van der Waals surface area contributed by atoms with Gasteiger partial charge in [0.25, 0.3) is 0 Å². The first-order valence-corrected chi connectivity index (χ1v) is 9.78. The van der Waals surface area contributed by atoms with Gasteiger partial charge in [-0.3, -0.25) is 0 Å². The fourth-order valence-electron chi connectivity index (χ4n) is 4.46. The maximum atomic E-state index is 6.02. The molecule has 2 aromatic rings. The van der Waals surface area contributed by atoms with E-state index in [4.69, 9.17) is 9.47 Å². The minimum atomic E-state index is 0.258. The summed E-state index contributed by atoms with van der Waals surface area (Å²) in [7, 11) is 0. The van der Waals surface area contributed by atoms with Gasteiger partial charge in [0.15, 0.2) is 0 Å². The number of hydrogen-bond donors (Lipinski definition) is 0. The average molecular weight is 351 g/mol. The number of para-hydroxylation sites is 2. The second-order valence-corrected chi connectivity index (χ2v) is 7.34. The normalized spacial score (nSPS) is 26.0. The molecule has 2 heteroatoms. The van der Waals surface area contributed by atoms with E-state index >= 15 is 0 Å². The Morgan fingerprint density at radius 2 is 1.65 bits per heavy atom. The summed E-state index contributed by atoms with van der Waals surface area (Å²) in [5, 5.41) is 0. The number of ether oxygens (including phenoxy) is 2. The Balaban J connectivity index is 0.000000151. The van der Waals surface area contributed by atoms with Crippen molar-refractivity contribution in [2.75, 3.05) is 6.61 Å². The van der Waals surface area contributed by atoms with Gasteiger partial charge in [-0.2, -0.15) is 0 Å². The van der Waals surface area contributed by atoms with Crippen LogP contribution >= 0.6 is 0 Å². The molecule has 3 atom stereocenters. The SMILES string of the molecule is C=CCOC12CCC(CC1CC)C2.c1ccc(Oc2ccccc2)cc1. The van der Waals surface area contributed by atoms with Crippen molar-refractivity contribution < 1.29 is 9.47 Å². The third-order valence-corrected chi connectivity index (χ3v) is 5.68. The lowest BCUT2D eigenvalue weighted by atomic mass is 9.83. The van der Waals surface area contributed by atoms with Crippen LogP contribution in [-0.2, 0) is 4.74 Å². The van der Waals surface area contributed by atoms with Crippen LogP contribution in [0.3, 0.4) is 0 Å². The zero-order valence-electron chi connectivity index (χ0n) is 15.8. The smallest absolute Gasteiger partial charge is 0.127 e. The minimum Gasteiger partial charge on any atom is -0.457 e. The standard InChI is InChI=1S/C12H20O.C12H10O/c1-3-7-13-12-6-5-10(9-12)8-11(12)4-2;1-3-7-11(8-4-1)13-12-9-5-2-6-10-12/h3,10-11H,1,4-9H2,2H3;1-10H. The van der Waals surface area contributed by atoms with Crippen LogP contribution in [0.5, 0.6) is 11.5 Å². The summed E-state index contributed by atoms with van der Waals surface area (Å²) in [5.74, 6) is 3.53. The van der Waals surface area contributed by atoms with E-state index in [9.17, 15) is 0 Å². The minimum absolute atomic E-state index is 0.258. The summed E-state index contributed by atoms with van der Waals surface area (Å²) in [6.07, 6.45) is 8.59. The van der Waals surface area contributed by atoms with Crippen LogP contribution < -0.4 is 4.74 Å². The first-order chi connectivity index (χ1) is 12.8. The van der Waals surface area contributed by atoms with Crippen LogP contribution in [-0.4, -0.2) is 12.2 Å². The molecule has 0 amide bonds. The van der Waals surface area contributed by atoms with Crippen molar-refractivity contribution in [1.29, 1.82) is 0 Å². The van der Waals surface area contributed by atoms with Crippen LogP contribution in [0.2, 0.25) is 0 Å². The fraction of sp³-hybridized carbons (Fsp3) is 0.417. The molecule has 2 aromatic carbocycles. The second-order valence-electron chi connectivity index (χ2n) is 7.34. The molecule has 2 aliphatic rings. The molecule has 0 saturated heterocycles. The monoisotopic (exact) mass is 350 g/mol. The molecule has 0 aliphatic heterocycles. The Hall–Kier alpha value is -2.06. The van der Waals surface area contributed by atoms with Crippen molar-refractivity contribution in [3.05, 3.63) is 73.3 Å². The molecule has 2 saturated carbocycles. The van der Waals surface area contributed by atoms with Gasteiger partial charge in [-0.15, -0.1) is 6.58 Å². The summed E-state index contributed by atoms with van der Waals surface area (Å²) in [4.78, 5) is 0. The van der Waals surface area contributed by atoms with E-state index in [1.165, 1.54) is 32.1 Å². The zero-order chi connectivity index (χ0) is 18.2. The second kappa shape index (κ2) is 9.05. The summed E-state index contributed by atoms with van der Waals surface area (Å²) < 4.78 is 11.6. The average Bonchev–Trinajstić information content (AvgIpc) is 3.27. The van der Waals surface area contributed by atoms with Gasteiger partial charge in [-0.05, 0) is 61.8 Å². The van der Waals surface area contributed by atoms with E-state index in [1.54, 1.807) is 0 Å². The van der Waals surface area contributed by atoms with Crippen LogP contribution in [0.4, 0.5) is 0 Å². The van der Waals surface area contributed by atoms with Crippen molar-refractivity contribution in [2.24, 2.45) is 11.8 Å². The molecule has 0 N–H and O–H groups in total. The van der Waals surface area contributed by atoms with E-state index in [0.29, 0.717) is 0 Å². The van der Waals surface area contributed by atoms with Crippen LogP contribution in [0.25, 0.3) is 0 Å². The Morgan fingerprint density at radius 1 is 1.04 bits per heavy atom. The van der Waals surface area contributed by atoms with Crippen LogP contribution in [0, 0.1) is 11.8 Å². The Morgan fingerprint density at radius 3 is 2.15 bits per heavy atom. The van der Waals surface area contributed by atoms with Gasteiger partial charge in [0.1, 0.15) is 11.5 Å². The van der Waals surface area contributed by atoms with Gasteiger partial charge in [-0.1, -0.05) is 55.8 Å². The number of rotatable bonds is 6. The van der Waals surface area contributed by atoms with E-state index in [-0.39, 0.29) is 5.60 Å². The van der Waals surface area contributed by atoms with Crippen molar-refractivity contribution in [3.8, 4) is 11.5 Å². The van der Waals surface area contributed by atoms with E-state index in [1.807, 2.05) is 66.7 Å². The highest BCUT2D eigenvalue weighted by Gasteiger charge is 2.51. The largest absolute Gasteiger partial charge is 0.457 e. The molecule has 3 unspecified atom stereocenters. The van der Waals surface area contributed by atoms with E-state index < -0.39 is 0 Å². The molecular formula is C24H30O2. The quantitative estimate of drug-likeness (QED) is 0.544. The Kier molecular flexibility index (Phi) is 6.51. The molecule has 0 heterocycles. The first-order valence-electron chi connectivity index (χ1n) is 9.78. The molecule has 0 aromatic heterocycles. The summed E-state index contributed by atoms with van der Waals surface area (Å²) in [6.45, 7) is 6.76. The van der Waals surface area contributed by atoms with Gasteiger partial charge >= 0.3 is 0 Å².